The topological polar surface area (TPSA) is 35.2 Å². The molecule has 4 heteroatoms. The molecule has 1 aromatic rings. The van der Waals surface area contributed by atoms with Crippen molar-refractivity contribution in [2.75, 3.05) is 5.73 Å². The second-order valence-electron chi connectivity index (χ2n) is 3.50. The molecule has 15 heavy (non-hydrogen) atoms. The van der Waals surface area contributed by atoms with Crippen LogP contribution in [0.4, 0.5) is 14.5 Å². The number of nitrogen functional groups attached to an aromatic ring is 1. The number of hydrogen-bond donors (Lipinski definition) is 1. The first-order valence-electron chi connectivity index (χ1n) is 4.96. The zero-order valence-electron chi connectivity index (χ0n) is 8.89. The fraction of sp³-hybridized carbons (Fsp3) is 0.455. The fourth-order valence-corrected chi connectivity index (χ4v) is 1.32. The highest BCUT2D eigenvalue weighted by Crippen LogP contribution is 2.25. The van der Waals surface area contributed by atoms with E-state index in [2.05, 4.69) is 0 Å². The van der Waals surface area contributed by atoms with Crippen LogP contribution >= 0.6 is 0 Å². The molecule has 0 saturated heterocycles. The molecule has 0 radical (unpaired) electrons. The number of benzene rings is 1. The van der Waals surface area contributed by atoms with Gasteiger partial charge in [0.05, 0.1) is 11.8 Å². The highest BCUT2D eigenvalue weighted by atomic mass is 19.2. The molecule has 2 nitrogen and oxygen atoms in total. The van der Waals surface area contributed by atoms with Gasteiger partial charge >= 0.3 is 0 Å². The summed E-state index contributed by atoms with van der Waals surface area (Å²) in [5.41, 5.74) is 5.00. The molecule has 0 saturated carbocycles. The van der Waals surface area contributed by atoms with E-state index < -0.39 is 11.6 Å². The van der Waals surface area contributed by atoms with E-state index in [1.165, 1.54) is 12.1 Å². The van der Waals surface area contributed by atoms with Crippen LogP contribution in [0.5, 0.6) is 5.75 Å². The molecule has 1 unspecified atom stereocenters. The number of hydrogen-bond acceptors (Lipinski definition) is 2. The zero-order valence-corrected chi connectivity index (χ0v) is 8.89. The predicted molar refractivity (Wildman–Crippen MR) is 55.8 cm³/mol. The number of halogens is 2. The maximum atomic E-state index is 13.3. The molecule has 0 aliphatic rings. The first-order chi connectivity index (χ1) is 7.06. The van der Waals surface area contributed by atoms with E-state index in [0.717, 1.165) is 12.8 Å². The van der Waals surface area contributed by atoms with Crippen LogP contribution in [0.1, 0.15) is 26.7 Å². The van der Waals surface area contributed by atoms with Crippen molar-refractivity contribution in [3.63, 3.8) is 0 Å². The van der Waals surface area contributed by atoms with Gasteiger partial charge in [-0.1, -0.05) is 13.3 Å². The maximum absolute atomic E-state index is 13.3. The molecule has 84 valence electrons. The summed E-state index contributed by atoms with van der Waals surface area (Å²) >= 11 is 0. The Bertz CT molecular complexity index is 342. The first-order valence-corrected chi connectivity index (χ1v) is 4.96. The SMILES string of the molecule is CCCC(C)Oc1ccc(N)c(F)c1F. The van der Waals surface area contributed by atoms with Crippen molar-refractivity contribution >= 4 is 5.69 Å². The third-order valence-corrected chi connectivity index (χ3v) is 2.10. The predicted octanol–water partition coefficient (Wildman–Crippen LogP) is 3.11. The zero-order chi connectivity index (χ0) is 11.4. The minimum absolute atomic E-state index is 0.0809. The van der Waals surface area contributed by atoms with E-state index in [0.29, 0.717) is 0 Å². The molecule has 0 spiro atoms. The minimum atomic E-state index is -1.05. The summed E-state index contributed by atoms with van der Waals surface area (Å²) in [7, 11) is 0. The molecular formula is C11H15F2NO. The third kappa shape index (κ3) is 2.81. The third-order valence-electron chi connectivity index (χ3n) is 2.10. The molecule has 0 aliphatic carbocycles. The lowest BCUT2D eigenvalue weighted by Crippen LogP contribution is -2.12. The van der Waals surface area contributed by atoms with Gasteiger partial charge in [-0.05, 0) is 25.5 Å². The number of ether oxygens (including phenoxy) is 1. The van der Waals surface area contributed by atoms with E-state index in [1.807, 2.05) is 13.8 Å². The van der Waals surface area contributed by atoms with Gasteiger partial charge in [0.15, 0.2) is 11.6 Å². The summed E-state index contributed by atoms with van der Waals surface area (Å²) < 4.78 is 31.6. The summed E-state index contributed by atoms with van der Waals surface area (Å²) in [4.78, 5) is 0. The average molecular weight is 215 g/mol. The molecular weight excluding hydrogens is 200 g/mol. The van der Waals surface area contributed by atoms with Gasteiger partial charge in [0.2, 0.25) is 5.82 Å². The van der Waals surface area contributed by atoms with Crippen LogP contribution in [0.15, 0.2) is 12.1 Å². The Hall–Kier alpha value is -1.32. The van der Waals surface area contributed by atoms with Crippen molar-refractivity contribution < 1.29 is 13.5 Å². The minimum Gasteiger partial charge on any atom is -0.488 e. The Morgan fingerprint density at radius 2 is 2.00 bits per heavy atom. The van der Waals surface area contributed by atoms with Crippen molar-refractivity contribution in [2.24, 2.45) is 0 Å². The normalized spacial score (nSPS) is 12.5. The Kier molecular flexibility index (Phi) is 3.88. The van der Waals surface area contributed by atoms with Crippen molar-refractivity contribution in [3.8, 4) is 5.75 Å². The standard InChI is InChI=1S/C11H15F2NO/c1-3-4-7(2)15-9-6-5-8(14)10(12)11(9)13/h5-7H,3-4,14H2,1-2H3. The van der Waals surface area contributed by atoms with E-state index >= 15 is 0 Å². The van der Waals surface area contributed by atoms with E-state index in [4.69, 9.17) is 10.5 Å². The van der Waals surface area contributed by atoms with Crippen molar-refractivity contribution in [1.29, 1.82) is 0 Å². The molecule has 0 aromatic heterocycles. The first kappa shape index (κ1) is 11.8. The Labute approximate surface area is 88.0 Å². The summed E-state index contributed by atoms with van der Waals surface area (Å²) in [5, 5.41) is 0. The Morgan fingerprint density at radius 1 is 1.33 bits per heavy atom. The molecule has 0 aliphatic heterocycles. The second-order valence-corrected chi connectivity index (χ2v) is 3.50. The van der Waals surface area contributed by atoms with Crippen molar-refractivity contribution in [2.45, 2.75) is 32.8 Å². The fourth-order valence-electron chi connectivity index (χ4n) is 1.32. The van der Waals surface area contributed by atoms with Gasteiger partial charge in [0, 0.05) is 0 Å². The maximum Gasteiger partial charge on any atom is 0.202 e. The summed E-state index contributed by atoms with van der Waals surface area (Å²) in [6, 6.07) is 2.65. The van der Waals surface area contributed by atoms with Crippen LogP contribution in [0, 0.1) is 11.6 Å². The second kappa shape index (κ2) is 4.96. The highest BCUT2D eigenvalue weighted by Gasteiger charge is 2.14. The molecule has 0 fully saturated rings. The quantitative estimate of drug-likeness (QED) is 0.783. The molecule has 0 bridgehead atoms. The Balaban J connectivity index is 2.82. The lowest BCUT2D eigenvalue weighted by molar-refractivity contribution is 0.198. The molecule has 1 atom stereocenters. The van der Waals surface area contributed by atoms with Crippen LogP contribution in [0.25, 0.3) is 0 Å². The van der Waals surface area contributed by atoms with Crippen LogP contribution in [0.2, 0.25) is 0 Å². The van der Waals surface area contributed by atoms with Gasteiger partial charge in [0.25, 0.3) is 0 Å². The summed E-state index contributed by atoms with van der Waals surface area (Å²) in [5.74, 6) is -2.14. The van der Waals surface area contributed by atoms with Crippen LogP contribution in [0.3, 0.4) is 0 Å². The van der Waals surface area contributed by atoms with Gasteiger partial charge in [-0.15, -0.1) is 0 Å². The molecule has 2 N–H and O–H groups in total. The van der Waals surface area contributed by atoms with Crippen LogP contribution in [-0.2, 0) is 0 Å². The number of anilines is 1. The molecule has 1 aromatic carbocycles. The van der Waals surface area contributed by atoms with Gasteiger partial charge < -0.3 is 10.5 Å². The smallest absolute Gasteiger partial charge is 0.202 e. The van der Waals surface area contributed by atoms with E-state index in [-0.39, 0.29) is 17.5 Å². The molecule has 0 heterocycles. The number of nitrogens with two attached hydrogens (primary N) is 1. The Morgan fingerprint density at radius 3 is 2.60 bits per heavy atom. The van der Waals surface area contributed by atoms with Gasteiger partial charge in [-0.2, -0.15) is 4.39 Å². The average Bonchev–Trinajstić information content (AvgIpc) is 2.20. The lowest BCUT2D eigenvalue weighted by Gasteiger charge is -2.14. The van der Waals surface area contributed by atoms with E-state index in [1.54, 1.807) is 0 Å². The lowest BCUT2D eigenvalue weighted by atomic mass is 10.2. The monoisotopic (exact) mass is 215 g/mol. The summed E-state index contributed by atoms with van der Waals surface area (Å²) in [6.45, 7) is 3.82. The largest absolute Gasteiger partial charge is 0.488 e. The summed E-state index contributed by atoms with van der Waals surface area (Å²) in [6.07, 6.45) is 1.60. The van der Waals surface area contributed by atoms with Gasteiger partial charge in [-0.3, -0.25) is 0 Å². The van der Waals surface area contributed by atoms with Gasteiger partial charge in [0.1, 0.15) is 0 Å². The molecule has 1 rings (SSSR count). The van der Waals surface area contributed by atoms with E-state index in [9.17, 15) is 8.78 Å². The van der Waals surface area contributed by atoms with Crippen LogP contribution in [-0.4, -0.2) is 6.10 Å². The number of rotatable bonds is 4. The van der Waals surface area contributed by atoms with Crippen molar-refractivity contribution in [1.82, 2.24) is 0 Å². The van der Waals surface area contributed by atoms with Crippen molar-refractivity contribution in [3.05, 3.63) is 23.8 Å². The van der Waals surface area contributed by atoms with Gasteiger partial charge in [-0.25, -0.2) is 4.39 Å². The van der Waals surface area contributed by atoms with Crippen LogP contribution < -0.4 is 10.5 Å². The highest BCUT2D eigenvalue weighted by molar-refractivity contribution is 5.44. The molecule has 0 amide bonds.